The molecule has 3 heterocycles. The number of allylic oxidation sites excluding steroid dienone is 1. The van der Waals surface area contributed by atoms with Gasteiger partial charge in [0, 0.05) is 24.8 Å². The summed E-state index contributed by atoms with van der Waals surface area (Å²) >= 11 is 1.45. The molecule has 0 aliphatic carbocycles. The third-order valence-corrected chi connectivity index (χ3v) is 8.50. The molecule has 2 aliphatic heterocycles. The van der Waals surface area contributed by atoms with Crippen LogP contribution in [0.4, 0.5) is 4.79 Å². The predicted molar refractivity (Wildman–Crippen MR) is 152 cm³/mol. The number of methoxy groups -OCH3 is 1. The largest absolute Gasteiger partial charge is 0.481 e. The van der Waals surface area contributed by atoms with Gasteiger partial charge in [-0.05, 0) is 42.7 Å². The number of hydrogen-bond donors (Lipinski definition) is 3. The van der Waals surface area contributed by atoms with Gasteiger partial charge in [-0.2, -0.15) is 0 Å². The van der Waals surface area contributed by atoms with E-state index in [1.54, 1.807) is 0 Å². The maximum Gasteiger partial charge on any atom is 0.404 e. The molecule has 4 N–H and O–H groups in total. The van der Waals surface area contributed by atoms with E-state index in [0.717, 1.165) is 49.8 Å². The molecule has 0 bridgehead atoms. The van der Waals surface area contributed by atoms with Crippen LogP contribution in [-0.2, 0) is 35.1 Å². The van der Waals surface area contributed by atoms with Crippen molar-refractivity contribution >= 4 is 41.0 Å². The number of nitrogens with zero attached hydrogens (tertiary/aromatic N) is 1. The first-order chi connectivity index (χ1) is 19.7. The lowest BCUT2D eigenvalue weighted by atomic mass is 9.79. The average molecular weight is 592 g/mol. The number of carboxylic acid groups (broad SMARTS) is 1. The molecule has 1 saturated heterocycles. The molecule has 0 spiro atoms. The van der Waals surface area contributed by atoms with E-state index >= 15 is 0 Å². The van der Waals surface area contributed by atoms with Crippen molar-refractivity contribution in [1.82, 2.24) is 10.2 Å². The number of nitrogens with two attached hydrogens (primary N) is 1. The number of β-lactam (4-membered cyclic amide) rings is 1. The van der Waals surface area contributed by atoms with Crippen molar-refractivity contribution in [1.29, 1.82) is 0 Å². The van der Waals surface area contributed by atoms with Gasteiger partial charge in [-0.3, -0.25) is 24.1 Å². The second-order valence-electron chi connectivity index (χ2n) is 10.5. The summed E-state index contributed by atoms with van der Waals surface area (Å²) in [5, 5.41) is 13.3. The van der Waals surface area contributed by atoms with Crippen LogP contribution < -0.4 is 11.1 Å². The summed E-state index contributed by atoms with van der Waals surface area (Å²) in [6.45, 7) is -0.176. The smallest absolute Gasteiger partial charge is 0.404 e. The van der Waals surface area contributed by atoms with E-state index < -0.39 is 29.7 Å². The number of Topliss-reactive ketones (excluding diaryl/α,β-unsaturated/α-hetero) is 1. The highest BCUT2D eigenvalue weighted by Gasteiger charge is 2.65. The first-order valence-electron chi connectivity index (χ1n) is 14.3. The number of carbonyl (C=O) groups excluding carboxylic acids is 4. The molecule has 2 aliphatic rings. The Kier molecular flexibility index (Phi) is 12.3. The van der Waals surface area contributed by atoms with Crippen LogP contribution in [0.15, 0.2) is 28.8 Å². The van der Waals surface area contributed by atoms with Gasteiger partial charge < -0.3 is 25.6 Å². The zero-order chi connectivity index (χ0) is 29.8. The third-order valence-electron chi connectivity index (χ3n) is 7.62. The minimum Gasteiger partial charge on any atom is -0.481 e. The van der Waals surface area contributed by atoms with Crippen molar-refractivity contribution in [2.75, 3.05) is 13.7 Å². The van der Waals surface area contributed by atoms with Crippen molar-refractivity contribution in [3.8, 4) is 0 Å². The quantitative estimate of drug-likeness (QED) is 0.123. The number of primary amides is 1. The summed E-state index contributed by atoms with van der Waals surface area (Å²) < 4.78 is 10.6. The molecule has 2 atom stereocenters. The van der Waals surface area contributed by atoms with Gasteiger partial charge in [0.2, 0.25) is 11.6 Å². The van der Waals surface area contributed by atoms with Crippen LogP contribution in [0.25, 0.3) is 0 Å². The van der Waals surface area contributed by atoms with E-state index in [1.165, 1.54) is 23.3 Å². The fourth-order valence-electron chi connectivity index (χ4n) is 5.55. The highest BCUT2D eigenvalue weighted by atomic mass is 32.1. The Hall–Kier alpha value is -3.25. The maximum absolute atomic E-state index is 13.5. The number of nitrogens with one attached hydrogen (secondary N) is 1. The average Bonchev–Trinajstić information content (AvgIpc) is 3.45. The molecule has 1 aromatic rings. The summed E-state index contributed by atoms with van der Waals surface area (Å²) in [5.41, 5.74) is 4.36. The number of hydrogen-bond acceptors (Lipinski definition) is 8. The molecular weight excluding hydrogens is 550 g/mol. The van der Waals surface area contributed by atoms with Gasteiger partial charge in [-0.1, -0.05) is 51.0 Å². The molecule has 12 heteroatoms. The van der Waals surface area contributed by atoms with E-state index in [1.807, 2.05) is 17.5 Å². The van der Waals surface area contributed by atoms with Crippen LogP contribution in [-0.4, -0.2) is 65.2 Å². The predicted octanol–water partition coefficient (Wildman–Crippen LogP) is 4.05. The molecule has 0 radical (unpaired) electrons. The summed E-state index contributed by atoms with van der Waals surface area (Å²) in [7, 11) is 1.37. The fourth-order valence-corrected chi connectivity index (χ4v) is 6.25. The SMILES string of the molecule is CO[C@@]1(NC(=O)Cc2cccs2)C(=O)N2C(C(=O)CCCCCCCCCCCC(=O)O)=C(COC(N)=O)CC[C@@H]21. The van der Waals surface area contributed by atoms with Gasteiger partial charge in [0.1, 0.15) is 6.61 Å². The van der Waals surface area contributed by atoms with Gasteiger partial charge in [-0.15, -0.1) is 11.3 Å². The van der Waals surface area contributed by atoms with Gasteiger partial charge in [0.05, 0.1) is 18.2 Å². The molecule has 11 nitrogen and oxygen atoms in total. The zero-order valence-electron chi connectivity index (χ0n) is 23.7. The van der Waals surface area contributed by atoms with Crippen LogP contribution in [0.5, 0.6) is 0 Å². The Morgan fingerprint density at radius 2 is 1.71 bits per heavy atom. The maximum atomic E-state index is 13.5. The van der Waals surface area contributed by atoms with Crippen molar-refractivity contribution in [2.24, 2.45) is 5.73 Å². The molecule has 3 amide bonds. The monoisotopic (exact) mass is 591 g/mol. The Morgan fingerprint density at radius 1 is 1.07 bits per heavy atom. The Labute approximate surface area is 244 Å². The van der Waals surface area contributed by atoms with Gasteiger partial charge in [0.25, 0.3) is 5.91 Å². The molecule has 0 unspecified atom stereocenters. The van der Waals surface area contributed by atoms with E-state index in [-0.39, 0.29) is 43.3 Å². The normalized spacial score (nSPS) is 19.9. The van der Waals surface area contributed by atoms with E-state index in [0.29, 0.717) is 31.3 Å². The van der Waals surface area contributed by atoms with E-state index in [9.17, 15) is 24.0 Å². The van der Waals surface area contributed by atoms with Crippen molar-refractivity contribution < 1.29 is 38.6 Å². The van der Waals surface area contributed by atoms with Crippen LogP contribution in [0, 0.1) is 0 Å². The highest BCUT2D eigenvalue weighted by molar-refractivity contribution is 7.10. The number of rotatable bonds is 19. The molecule has 3 rings (SSSR count). The van der Waals surface area contributed by atoms with Gasteiger partial charge in [-0.25, -0.2) is 4.79 Å². The zero-order valence-corrected chi connectivity index (χ0v) is 24.5. The Morgan fingerprint density at radius 3 is 2.27 bits per heavy atom. The number of fused-ring (bicyclic) bond motifs is 1. The lowest BCUT2D eigenvalue weighted by molar-refractivity contribution is -0.205. The van der Waals surface area contributed by atoms with Gasteiger partial charge >= 0.3 is 12.1 Å². The second kappa shape index (κ2) is 15.7. The first-order valence-corrected chi connectivity index (χ1v) is 15.2. The van der Waals surface area contributed by atoms with Gasteiger partial charge in [0.15, 0.2) is 5.78 Å². The van der Waals surface area contributed by atoms with E-state index in [4.69, 9.17) is 20.3 Å². The summed E-state index contributed by atoms with van der Waals surface area (Å²) in [6.07, 6.45) is 8.78. The van der Waals surface area contributed by atoms with Crippen LogP contribution >= 0.6 is 11.3 Å². The Balaban J connectivity index is 1.55. The molecule has 0 aromatic carbocycles. The number of carboxylic acids is 1. The minimum absolute atomic E-state index is 0.118. The fraction of sp³-hybridized carbons (Fsp3) is 0.621. The number of carbonyl (C=O) groups is 5. The molecule has 41 heavy (non-hydrogen) atoms. The Bertz CT molecular complexity index is 1120. The van der Waals surface area contributed by atoms with Crippen LogP contribution in [0.3, 0.4) is 0 Å². The summed E-state index contributed by atoms with van der Waals surface area (Å²) in [4.78, 5) is 63.8. The summed E-state index contributed by atoms with van der Waals surface area (Å²) in [6, 6.07) is 3.14. The third kappa shape index (κ3) is 8.62. The number of thiophene rings is 1. The van der Waals surface area contributed by atoms with E-state index in [2.05, 4.69) is 5.32 Å². The van der Waals surface area contributed by atoms with Crippen molar-refractivity contribution in [2.45, 2.75) is 102 Å². The number of ether oxygens (including phenoxy) is 2. The first kappa shape index (κ1) is 32.3. The summed E-state index contributed by atoms with van der Waals surface area (Å²) in [5.74, 6) is -1.83. The molecule has 0 saturated carbocycles. The molecule has 226 valence electrons. The lowest BCUT2D eigenvalue weighted by Crippen LogP contribution is -2.81. The molecule has 1 fully saturated rings. The topological polar surface area (TPSA) is 165 Å². The standard InChI is InChI=1S/C29H41N3O8S/c1-39-29(31-24(34)18-21-12-11-17-41-21)23-16-15-20(19-40-28(30)38)26(32(23)27(29)37)22(33)13-9-7-5-3-2-4-6-8-10-14-25(35)36/h11-12,17,23H,2-10,13-16,18-19H2,1H3,(H2,30,38)(H,31,34)(H,35,36)/t23-,29-/m1/s1. The lowest BCUT2D eigenvalue weighted by Gasteiger charge is -2.57. The highest BCUT2D eigenvalue weighted by Crippen LogP contribution is 2.44. The molecular formula is C29H41N3O8S. The molecule has 1 aromatic heterocycles. The van der Waals surface area contributed by atoms with Crippen LogP contribution in [0.2, 0.25) is 0 Å². The second-order valence-corrected chi connectivity index (χ2v) is 11.6. The van der Waals surface area contributed by atoms with Crippen molar-refractivity contribution in [3.05, 3.63) is 33.7 Å². The number of ketones is 1. The number of unbranched alkanes of at least 4 members (excludes halogenated alkanes) is 8. The van der Waals surface area contributed by atoms with Crippen molar-refractivity contribution in [3.63, 3.8) is 0 Å². The van der Waals surface area contributed by atoms with Crippen LogP contribution in [0.1, 0.15) is 88.3 Å². The minimum atomic E-state index is -1.55. The number of amides is 3. The number of aliphatic carboxylic acids is 1.